The van der Waals surface area contributed by atoms with Gasteiger partial charge in [-0.3, -0.25) is 4.57 Å². The summed E-state index contributed by atoms with van der Waals surface area (Å²) in [5.41, 5.74) is 9.34. The summed E-state index contributed by atoms with van der Waals surface area (Å²) in [7, 11) is 32.2. The van der Waals surface area contributed by atoms with Gasteiger partial charge in [-0.1, -0.05) is 96.7 Å². The maximum absolute atomic E-state index is 6.63. The van der Waals surface area contributed by atoms with E-state index in [1.54, 1.807) is 0 Å². The Hall–Kier alpha value is -5.35. The van der Waals surface area contributed by atoms with Crippen molar-refractivity contribution in [2.24, 2.45) is 0 Å². The molecule has 10 radical (unpaired) electrons. The fraction of sp³-hybridized carbons (Fsp3) is 0.0488. The number of rotatable bonds is 4. The van der Waals surface area contributed by atoms with Crippen LogP contribution in [0.1, 0.15) is 12.7 Å². The van der Waals surface area contributed by atoms with Gasteiger partial charge in [0.15, 0.2) is 0 Å². The number of imidazole rings is 1. The molecule has 0 amide bonds. The van der Waals surface area contributed by atoms with E-state index in [9.17, 15) is 0 Å². The maximum Gasteiger partial charge on any atom is 0.136 e. The van der Waals surface area contributed by atoms with E-state index in [-0.39, 0.29) is 16.4 Å². The van der Waals surface area contributed by atoms with Crippen molar-refractivity contribution >= 4 is 121 Å². The van der Waals surface area contributed by atoms with E-state index in [1.807, 2.05) is 42.5 Å². The molecule has 49 heavy (non-hydrogen) atoms. The molecule has 9 rings (SSSR count). The topological polar surface area (TPSA) is 31.0 Å². The van der Waals surface area contributed by atoms with Crippen molar-refractivity contribution in [1.82, 2.24) is 9.55 Å². The standard InChI is InChI=1S/C41H23B5N2O/c1-2-32-47-28-14-6-7-15-29(28)48(32)41-23-11-4-3-10-22(23)34(26-13-9-17-31-35(26)25-12-5-8-16-30(25)49-31)27-20-21(18-19-24(27)41)33-36(42)38(44)40(46)39(45)37(33)43/h3-20H,2H2,1H3. The minimum atomic E-state index is 0.186. The van der Waals surface area contributed by atoms with Crippen LogP contribution in [-0.4, -0.2) is 48.8 Å². The number of hydrogen-bond acceptors (Lipinski definition) is 2. The highest BCUT2D eigenvalue weighted by Crippen LogP contribution is 2.46. The Morgan fingerprint density at radius 1 is 0.571 bits per heavy atom. The predicted octanol–water partition coefficient (Wildman–Crippen LogP) is 5.10. The number of aryl methyl sites for hydroxylation is 1. The van der Waals surface area contributed by atoms with Gasteiger partial charge in [-0.25, -0.2) is 4.98 Å². The first-order chi connectivity index (χ1) is 23.9. The van der Waals surface area contributed by atoms with Crippen molar-refractivity contribution in [3.8, 4) is 27.9 Å². The third-order valence-corrected chi connectivity index (χ3v) is 9.83. The Balaban J connectivity index is 1.51. The smallest absolute Gasteiger partial charge is 0.136 e. The molecule has 0 atom stereocenters. The third-order valence-electron chi connectivity index (χ3n) is 9.83. The molecule has 9 aromatic rings. The number of furan rings is 1. The van der Waals surface area contributed by atoms with Gasteiger partial charge < -0.3 is 4.42 Å². The minimum absolute atomic E-state index is 0.186. The summed E-state index contributed by atoms with van der Waals surface area (Å²) in [4.78, 5) is 5.06. The first-order valence-corrected chi connectivity index (χ1v) is 16.2. The molecule has 7 aromatic carbocycles. The first kappa shape index (κ1) is 29.8. The number of para-hydroxylation sites is 3. The largest absolute Gasteiger partial charge is 0.456 e. The molecule has 0 aliphatic rings. The molecular formula is C41H23B5N2O. The molecule has 0 saturated heterocycles. The van der Waals surface area contributed by atoms with E-state index < -0.39 is 0 Å². The fourth-order valence-electron chi connectivity index (χ4n) is 7.55. The summed E-state index contributed by atoms with van der Waals surface area (Å²) in [6.45, 7) is 2.14. The summed E-state index contributed by atoms with van der Waals surface area (Å²) >= 11 is 0. The molecule has 2 aromatic heterocycles. The molecule has 2 heterocycles. The van der Waals surface area contributed by atoms with Gasteiger partial charge in [0, 0.05) is 28.0 Å². The SMILES string of the molecule is [B]c1c([B])c([B])c(-c2ccc3c(-n4c(CC)nc5ccccc54)c4ccccc4c(-c4cccc5oc6ccccc6c45)c3c2)c([B])c1[B]. The van der Waals surface area contributed by atoms with E-state index in [0.29, 0.717) is 16.5 Å². The van der Waals surface area contributed by atoms with Gasteiger partial charge in [0.25, 0.3) is 0 Å². The van der Waals surface area contributed by atoms with E-state index in [2.05, 4.69) is 78.2 Å². The van der Waals surface area contributed by atoms with Crippen LogP contribution in [-0.2, 0) is 6.42 Å². The number of hydrogen-bond donors (Lipinski definition) is 0. The lowest BCUT2D eigenvalue weighted by Crippen LogP contribution is -2.55. The van der Waals surface area contributed by atoms with Gasteiger partial charge in [0.05, 0.1) is 16.7 Å². The Bertz CT molecular complexity index is 2800. The summed E-state index contributed by atoms with van der Waals surface area (Å²) in [5.74, 6) is 0.972. The van der Waals surface area contributed by atoms with Crippen LogP contribution in [0.2, 0.25) is 0 Å². The molecule has 0 N–H and O–H groups in total. The summed E-state index contributed by atoms with van der Waals surface area (Å²) < 4.78 is 8.68. The lowest BCUT2D eigenvalue weighted by atomic mass is 9.59. The number of nitrogens with zero attached hydrogens (tertiary/aromatic N) is 2. The fourth-order valence-corrected chi connectivity index (χ4v) is 7.55. The number of benzene rings is 7. The van der Waals surface area contributed by atoms with Crippen molar-refractivity contribution in [3.63, 3.8) is 0 Å². The highest BCUT2D eigenvalue weighted by molar-refractivity contribution is 6.68. The molecule has 0 saturated carbocycles. The Labute approximate surface area is 290 Å². The van der Waals surface area contributed by atoms with Gasteiger partial charge in [-0.05, 0) is 63.4 Å². The molecule has 0 spiro atoms. The van der Waals surface area contributed by atoms with E-state index >= 15 is 0 Å². The highest BCUT2D eigenvalue weighted by atomic mass is 16.3. The molecule has 0 aliphatic heterocycles. The van der Waals surface area contributed by atoms with E-state index in [4.69, 9.17) is 48.6 Å². The number of fused-ring (bicyclic) bond motifs is 6. The second-order valence-corrected chi connectivity index (χ2v) is 12.5. The molecule has 8 heteroatoms. The zero-order chi connectivity index (χ0) is 33.6. The van der Waals surface area contributed by atoms with Crippen LogP contribution in [0.3, 0.4) is 0 Å². The molecule has 0 aliphatic carbocycles. The van der Waals surface area contributed by atoms with Crippen molar-refractivity contribution in [1.29, 1.82) is 0 Å². The van der Waals surface area contributed by atoms with Crippen molar-refractivity contribution in [3.05, 3.63) is 115 Å². The zero-order valence-electron chi connectivity index (χ0n) is 26.8. The summed E-state index contributed by atoms with van der Waals surface area (Å²) in [5, 5.41) is 6.31. The average Bonchev–Trinajstić information content (AvgIpc) is 3.71. The van der Waals surface area contributed by atoms with E-state index in [0.717, 1.165) is 89.1 Å². The maximum atomic E-state index is 6.63. The van der Waals surface area contributed by atoms with E-state index in [1.165, 1.54) is 0 Å². The van der Waals surface area contributed by atoms with Gasteiger partial charge in [-0.2, -0.15) is 0 Å². The normalized spacial score (nSPS) is 11.9. The Morgan fingerprint density at radius 3 is 1.98 bits per heavy atom. The molecule has 0 bridgehead atoms. The minimum Gasteiger partial charge on any atom is -0.456 e. The van der Waals surface area contributed by atoms with Crippen molar-refractivity contribution < 1.29 is 4.42 Å². The quantitative estimate of drug-likeness (QED) is 0.205. The summed E-state index contributed by atoms with van der Waals surface area (Å²) in [6.07, 6.45) is 0.752. The lowest BCUT2D eigenvalue weighted by molar-refractivity contribution is 0.669. The van der Waals surface area contributed by atoms with Gasteiger partial charge >= 0.3 is 0 Å². The summed E-state index contributed by atoms with van der Waals surface area (Å²) in [6, 6.07) is 37.6. The predicted molar refractivity (Wildman–Crippen MR) is 211 cm³/mol. The lowest BCUT2D eigenvalue weighted by Gasteiger charge is -2.23. The second kappa shape index (κ2) is 11.1. The third kappa shape index (κ3) is 4.26. The Morgan fingerprint density at radius 2 is 1.20 bits per heavy atom. The van der Waals surface area contributed by atoms with Gasteiger partial charge in [-0.15, -0.1) is 16.4 Å². The molecule has 3 nitrogen and oxygen atoms in total. The molecule has 218 valence electrons. The van der Waals surface area contributed by atoms with Crippen LogP contribution in [0.25, 0.3) is 82.5 Å². The van der Waals surface area contributed by atoms with Crippen LogP contribution in [0.5, 0.6) is 0 Å². The molecular weight excluding hydrogens is 591 g/mol. The van der Waals surface area contributed by atoms with Crippen LogP contribution >= 0.6 is 0 Å². The number of aromatic nitrogens is 2. The van der Waals surface area contributed by atoms with Gasteiger partial charge in [0.2, 0.25) is 0 Å². The van der Waals surface area contributed by atoms with Crippen LogP contribution in [0, 0.1) is 0 Å². The van der Waals surface area contributed by atoms with Crippen LogP contribution in [0.4, 0.5) is 0 Å². The monoisotopic (exact) mass is 614 g/mol. The highest BCUT2D eigenvalue weighted by Gasteiger charge is 2.23. The Kier molecular flexibility index (Phi) is 6.74. The van der Waals surface area contributed by atoms with Crippen molar-refractivity contribution in [2.75, 3.05) is 0 Å². The van der Waals surface area contributed by atoms with Crippen molar-refractivity contribution in [2.45, 2.75) is 13.3 Å². The van der Waals surface area contributed by atoms with Crippen LogP contribution in [0.15, 0.2) is 114 Å². The second-order valence-electron chi connectivity index (χ2n) is 12.5. The average molecular weight is 614 g/mol. The molecule has 0 fully saturated rings. The van der Waals surface area contributed by atoms with Gasteiger partial charge in [0.1, 0.15) is 56.2 Å². The zero-order valence-corrected chi connectivity index (χ0v) is 26.8. The van der Waals surface area contributed by atoms with Crippen LogP contribution < -0.4 is 27.3 Å². The first-order valence-electron chi connectivity index (χ1n) is 16.2. The molecule has 0 unspecified atom stereocenters.